The highest BCUT2D eigenvalue weighted by Gasteiger charge is 2.48. The van der Waals surface area contributed by atoms with Crippen molar-refractivity contribution in [2.24, 2.45) is 0 Å². The van der Waals surface area contributed by atoms with Crippen LogP contribution >= 0.6 is 21.0 Å². The lowest BCUT2D eigenvalue weighted by molar-refractivity contribution is 1.22. The number of hydrogen-bond donors (Lipinski definition) is 0. The zero-order chi connectivity index (χ0) is 60.8. The van der Waals surface area contributed by atoms with E-state index in [1.165, 1.54) is 76.2 Å². The fraction of sp³-hybridized carbons (Fsp3) is 0. The molecule has 18 rings (SSSR count). The molecule has 0 fully saturated rings. The molecule has 1 atom stereocenters. The zero-order valence-corrected chi connectivity index (χ0v) is 52.2. The maximum absolute atomic E-state index is 3.13. The first-order valence-electron chi connectivity index (χ1n) is 31.6. The van der Waals surface area contributed by atoms with E-state index in [4.69, 9.17) is 0 Å². The van der Waals surface area contributed by atoms with Crippen LogP contribution in [-0.4, -0.2) is 13.4 Å². The molecular weight excluding hydrogens is 1150 g/mol. The maximum Gasteiger partial charge on any atom is 0.252 e. The van der Waals surface area contributed by atoms with Crippen LogP contribution in [0.1, 0.15) is 0 Å². The summed E-state index contributed by atoms with van der Waals surface area (Å²) in [6.45, 7) is -0.269. The van der Waals surface area contributed by atoms with E-state index in [0.717, 1.165) is 84.4 Å². The molecule has 8 heteroatoms. The standard InChI is InChI=1S/C84H57B2N4PS/c91-79-49-27-42-66(59-34-13-4-14-35-59)84(79)90-74-48-26-22-44-68(74)86-70-54-69-75(55-80(70)92-81-51-60(50-76(90)83(81)86)56-28-7-1-8-29-56)89(72-46-24-20-41-65(72)58-32-11-3-12-33-58)78-53-63(87(61-36-15-5-16-37-61)62-38-17-6-18-39-62)52-77-82(78)85(69)67-43-21-25-47-73(67)88(77)71-45-23-19-40-64(71)57-30-9-2-10-31-57/h1-55H,91H2. The second kappa shape index (κ2) is 22.3. The average molecular weight is 1210 g/mol. The third kappa shape index (κ3) is 8.75. The predicted molar refractivity (Wildman–Crippen MR) is 396 cm³/mol. The third-order valence-corrected chi connectivity index (χ3v) is 20.6. The Kier molecular flexibility index (Phi) is 13.1. The van der Waals surface area contributed by atoms with E-state index in [0.29, 0.717) is 0 Å². The minimum atomic E-state index is -0.174. The summed E-state index contributed by atoms with van der Waals surface area (Å²) in [7, 11) is 3.13. The van der Waals surface area contributed by atoms with Crippen LogP contribution in [0.2, 0.25) is 0 Å². The van der Waals surface area contributed by atoms with Crippen LogP contribution in [0, 0.1) is 0 Å². The highest BCUT2D eigenvalue weighted by molar-refractivity contribution is 8.00. The summed E-state index contributed by atoms with van der Waals surface area (Å²) < 4.78 is 0. The number of nitrogens with zero attached hydrogens (tertiary/aromatic N) is 4. The molecule has 0 saturated heterocycles. The number of benzene rings is 14. The number of anilines is 12. The van der Waals surface area contributed by atoms with Crippen LogP contribution < -0.4 is 57.7 Å². The molecule has 0 N–H and O–H groups in total. The minimum Gasteiger partial charge on any atom is -0.311 e. The first-order valence-corrected chi connectivity index (χ1v) is 33.0. The Morgan fingerprint density at radius 1 is 0.261 bits per heavy atom. The molecule has 4 aliphatic rings. The van der Waals surface area contributed by atoms with Crippen molar-refractivity contribution in [1.29, 1.82) is 0 Å². The molecule has 0 aliphatic carbocycles. The fourth-order valence-corrected chi connectivity index (χ4v) is 16.7. The lowest BCUT2D eigenvalue weighted by Crippen LogP contribution is -2.64. The summed E-state index contributed by atoms with van der Waals surface area (Å²) in [5, 5.41) is 1.14. The van der Waals surface area contributed by atoms with Crippen molar-refractivity contribution >= 4 is 141 Å². The van der Waals surface area contributed by atoms with Gasteiger partial charge in [0.05, 0.1) is 22.7 Å². The summed E-state index contributed by atoms with van der Waals surface area (Å²) in [5.41, 5.74) is 30.6. The van der Waals surface area contributed by atoms with E-state index in [2.05, 4.69) is 362 Å². The number of rotatable bonds is 10. The smallest absolute Gasteiger partial charge is 0.252 e. The van der Waals surface area contributed by atoms with Gasteiger partial charge >= 0.3 is 0 Å². The van der Waals surface area contributed by atoms with Gasteiger partial charge in [-0.3, -0.25) is 0 Å². The average Bonchev–Trinajstić information content (AvgIpc) is 0.697. The van der Waals surface area contributed by atoms with E-state index >= 15 is 0 Å². The summed E-state index contributed by atoms with van der Waals surface area (Å²) in [5.74, 6) is 0. The van der Waals surface area contributed by atoms with E-state index < -0.39 is 0 Å². The number of para-hydroxylation sites is 7. The molecule has 430 valence electrons. The Hall–Kier alpha value is -10.8. The van der Waals surface area contributed by atoms with Crippen LogP contribution in [-0.2, 0) is 0 Å². The topological polar surface area (TPSA) is 13.0 Å². The van der Waals surface area contributed by atoms with Crippen molar-refractivity contribution in [3.63, 3.8) is 0 Å². The Bertz CT molecular complexity index is 5150. The summed E-state index contributed by atoms with van der Waals surface area (Å²) in [6, 6.07) is 124. The van der Waals surface area contributed by atoms with Crippen molar-refractivity contribution in [2.45, 2.75) is 9.79 Å². The second-order valence-electron chi connectivity index (χ2n) is 24.1. The van der Waals surface area contributed by atoms with Crippen LogP contribution in [0.15, 0.2) is 343 Å². The first kappa shape index (κ1) is 54.2. The Balaban J connectivity index is 0.948. The van der Waals surface area contributed by atoms with Crippen molar-refractivity contribution in [2.75, 3.05) is 19.6 Å². The third-order valence-electron chi connectivity index (χ3n) is 19.0. The van der Waals surface area contributed by atoms with E-state index in [1.54, 1.807) is 0 Å². The molecule has 0 spiro atoms. The fourth-order valence-electron chi connectivity index (χ4n) is 15.1. The molecule has 4 nitrogen and oxygen atoms in total. The molecule has 14 aromatic rings. The Labute approximate surface area is 544 Å². The molecule has 4 aliphatic heterocycles. The molecule has 92 heavy (non-hydrogen) atoms. The first-order chi connectivity index (χ1) is 45.6. The second-order valence-corrected chi connectivity index (χ2v) is 25.8. The van der Waals surface area contributed by atoms with E-state index in [9.17, 15) is 0 Å². The van der Waals surface area contributed by atoms with Crippen molar-refractivity contribution in [3.05, 3.63) is 334 Å². The van der Waals surface area contributed by atoms with Gasteiger partial charge in [-0.15, -0.1) is 9.24 Å². The summed E-state index contributed by atoms with van der Waals surface area (Å²) in [4.78, 5) is 12.7. The van der Waals surface area contributed by atoms with Gasteiger partial charge in [0.15, 0.2) is 0 Å². The lowest BCUT2D eigenvalue weighted by Gasteiger charge is -2.46. The van der Waals surface area contributed by atoms with Gasteiger partial charge in [-0.1, -0.05) is 272 Å². The Morgan fingerprint density at radius 3 is 1.24 bits per heavy atom. The molecule has 1 unspecified atom stereocenters. The molecular formula is C84H57B2N4PS. The van der Waals surface area contributed by atoms with Gasteiger partial charge in [0.25, 0.3) is 6.71 Å². The highest BCUT2D eigenvalue weighted by atomic mass is 32.2. The quantitative estimate of drug-likeness (QED) is 0.0997. The van der Waals surface area contributed by atoms with Gasteiger partial charge < -0.3 is 19.6 Å². The van der Waals surface area contributed by atoms with Crippen LogP contribution in [0.25, 0.3) is 44.5 Å². The van der Waals surface area contributed by atoms with Crippen molar-refractivity contribution in [3.8, 4) is 44.5 Å². The SMILES string of the molecule is Pc1cccc(-c2ccccc2)c1N1c2ccccc2B2c3cc4c(cc3Sc3cc(-c5ccccc5)cc1c32)N(c1ccccc1-c1ccccc1)c1cc(N(c2ccccc2)c2ccccc2)cc2c1B4c1ccccc1N2c1ccccc1-c1ccccc1. The van der Waals surface area contributed by atoms with Crippen molar-refractivity contribution < 1.29 is 0 Å². The monoisotopic (exact) mass is 1210 g/mol. The molecule has 0 radical (unpaired) electrons. The van der Waals surface area contributed by atoms with E-state index in [1.807, 2.05) is 11.8 Å². The van der Waals surface area contributed by atoms with Crippen LogP contribution in [0.3, 0.4) is 0 Å². The molecule has 0 aromatic heterocycles. The van der Waals surface area contributed by atoms with Crippen LogP contribution in [0.4, 0.5) is 68.2 Å². The largest absolute Gasteiger partial charge is 0.311 e. The van der Waals surface area contributed by atoms with Gasteiger partial charge in [0.2, 0.25) is 6.71 Å². The molecule has 0 amide bonds. The number of hydrogen-bond acceptors (Lipinski definition) is 5. The highest BCUT2D eigenvalue weighted by Crippen LogP contribution is 2.53. The molecule has 4 heterocycles. The maximum atomic E-state index is 3.13. The normalized spacial score (nSPS) is 12.9. The van der Waals surface area contributed by atoms with Crippen molar-refractivity contribution in [1.82, 2.24) is 0 Å². The molecule has 0 saturated carbocycles. The molecule has 14 aromatic carbocycles. The summed E-state index contributed by atoms with van der Waals surface area (Å²) >= 11 is 1.92. The zero-order valence-electron chi connectivity index (χ0n) is 50.2. The van der Waals surface area contributed by atoms with Gasteiger partial charge in [-0.2, -0.15) is 0 Å². The summed E-state index contributed by atoms with van der Waals surface area (Å²) in [6.07, 6.45) is 0. The van der Waals surface area contributed by atoms with Crippen LogP contribution in [0.5, 0.6) is 0 Å². The lowest BCUT2D eigenvalue weighted by atomic mass is 9.31. The van der Waals surface area contributed by atoms with Gasteiger partial charge in [0, 0.05) is 72.0 Å². The van der Waals surface area contributed by atoms with Gasteiger partial charge in [-0.25, -0.2) is 0 Å². The molecule has 0 bridgehead atoms. The predicted octanol–water partition coefficient (Wildman–Crippen LogP) is 18.2. The van der Waals surface area contributed by atoms with Gasteiger partial charge in [0.1, 0.15) is 0 Å². The van der Waals surface area contributed by atoms with Gasteiger partial charge in [-0.05, 0) is 139 Å². The number of fused-ring (bicyclic) bond motifs is 8. The van der Waals surface area contributed by atoms with E-state index in [-0.39, 0.29) is 13.4 Å². The minimum absolute atomic E-state index is 0.0950. The Morgan fingerprint density at radius 2 is 0.685 bits per heavy atom.